The smallest absolute Gasteiger partial charge is 0.273 e. The van der Waals surface area contributed by atoms with Crippen LogP contribution in [0.1, 0.15) is 64.6 Å². The van der Waals surface area contributed by atoms with E-state index in [9.17, 15) is 9.90 Å². The molecule has 38 heavy (non-hydrogen) atoms. The van der Waals surface area contributed by atoms with Gasteiger partial charge < -0.3 is 14.7 Å². The molecule has 1 aromatic heterocycles. The van der Waals surface area contributed by atoms with Crippen molar-refractivity contribution in [1.29, 1.82) is 0 Å². The molecular weight excluding hydrogens is 498 g/mol. The average molecular weight is 530 g/mol. The summed E-state index contributed by atoms with van der Waals surface area (Å²) in [5.41, 5.74) is 5.83. The minimum atomic E-state index is -0.448. The summed E-state index contributed by atoms with van der Waals surface area (Å²) in [6.07, 6.45) is 0.951. The van der Waals surface area contributed by atoms with Crippen LogP contribution in [0.4, 0.5) is 0 Å². The number of ether oxygens (including phenoxy) is 1. The lowest BCUT2D eigenvalue weighted by molar-refractivity contribution is 0.0730. The quantitative estimate of drug-likeness (QED) is 0.252. The molecule has 0 bridgehead atoms. The zero-order valence-corrected chi connectivity index (χ0v) is 22.8. The van der Waals surface area contributed by atoms with E-state index in [1.54, 1.807) is 4.90 Å². The van der Waals surface area contributed by atoms with Gasteiger partial charge >= 0.3 is 0 Å². The number of aromatic amines is 1. The Morgan fingerprint density at radius 3 is 2.66 bits per heavy atom. The Morgan fingerprint density at radius 2 is 1.89 bits per heavy atom. The monoisotopic (exact) mass is 529 g/mol. The Bertz CT molecular complexity index is 1490. The van der Waals surface area contributed by atoms with Gasteiger partial charge in [0.1, 0.15) is 22.9 Å². The first-order chi connectivity index (χ1) is 18.2. The maximum Gasteiger partial charge on any atom is 0.273 e. The fourth-order valence-electron chi connectivity index (χ4n) is 5.05. The van der Waals surface area contributed by atoms with E-state index in [1.165, 1.54) is 0 Å². The third kappa shape index (κ3) is 4.88. The van der Waals surface area contributed by atoms with Crippen molar-refractivity contribution >= 4 is 17.5 Å². The standard InChI is InChI=1S/C31H32ClN3O3/c1-18(2)12-13-38-23-10-7-9-21(16-23)29-26-27(24-15-19(3)14-20(4)30(24)36)33-34-28(26)31(37)35(29)17-22-8-5-6-11-25(22)32/h5-11,14-16,18,29,36H,12-13,17H2,1-4H3,(H,33,34). The molecule has 1 aliphatic heterocycles. The fraction of sp³-hybridized carbons (Fsp3) is 0.290. The van der Waals surface area contributed by atoms with E-state index in [-0.39, 0.29) is 11.7 Å². The molecule has 1 aliphatic rings. The van der Waals surface area contributed by atoms with Crippen LogP contribution < -0.4 is 4.74 Å². The van der Waals surface area contributed by atoms with Crippen molar-refractivity contribution in [3.63, 3.8) is 0 Å². The highest BCUT2D eigenvalue weighted by molar-refractivity contribution is 6.31. The second kappa shape index (κ2) is 10.5. The van der Waals surface area contributed by atoms with Crippen LogP contribution in [0, 0.1) is 19.8 Å². The van der Waals surface area contributed by atoms with Gasteiger partial charge in [-0.05, 0) is 72.7 Å². The van der Waals surface area contributed by atoms with E-state index in [2.05, 4.69) is 24.0 Å². The average Bonchev–Trinajstić information content (AvgIpc) is 3.41. The van der Waals surface area contributed by atoms with Gasteiger partial charge in [-0.3, -0.25) is 9.89 Å². The number of carbonyl (C=O) groups is 1. The van der Waals surface area contributed by atoms with E-state index in [0.717, 1.165) is 40.0 Å². The first-order valence-electron chi connectivity index (χ1n) is 12.9. The molecule has 0 saturated heterocycles. The topological polar surface area (TPSA) is 78.5 Å². The van der Waals surface area contributed by atoms with Crippen molar-refractivity contribution in [1.82, 2.24) is 15.1 Å². The Labute approximate surface area is 228 Å². The molecule has 0 fully saturated rings. The van der Waals surface area contributed by atoms with Crippen molar-refractivity contribution in [2.45, 2.75) is 46.7 Å². The van der Waals surface area contributed by atoms with Gasteiger partial charge in [0.15, 0.2) is 0 Å². The Morgan fingerprint density at radius 1 is 1.11 bits per heavy atom. The van der Waals surface area contributed by atoms with E-state index in [0.29, 0.717) is 41.0 Å². The number of aryl methyl sites for hydroxylation is 2. The molecule has 1 amide bonds. The predicted molar refractivity (Wildman–Crippen MR) is 150 cm³/mol. The van der Waals surface area contributed by atoms with Crippen LogP contribution >= 0.6 is 11.6 Å². The summed E-state index contributed by atoms with van der Waals surface area (Å²) in [6.45, 7) is 9.12. The zero-order chi connectivity index (χ0) is 27.0. The molecule has 0 spiro atoms. The number of phenols is 1. The largest absolute Gasteiger partial charge is 0.507 e. The molecule has 7 heteroatoms. The maximum absolute atomic E-state index is 13.8. The first-order valence-corrected chi connectivity index (χ1v) is 13.3. The minimum Gasteiger partial charge on any atom is -0.507 e. The number of aromatic nitrogens is 2. The lowest BCUT2D eigenvalue weighted by Gasteiger charge is -2.27. The zero-order valence-electron chi connectivity index (χ0n) is 22.1. The molecule has 6 nitrogen and oxygen atoms in total. The van der Waals surface area contributed by atoms with Gasteiger partial charge in [0.05, 0.1) is 12.6 Å². The van der Waals surface area contributed by atoms with Crippen LogP contribution in [0.3, 0.4) is 0 Å². The number of rotatable bonds is 8. The number of benzene rings is 3. The van der Waals surface area contributed by atoms with Gasteiger partial charge in [-0.1, -0.05) is 61.8 Å². The summed E-state index contributed by atoms with van der Waals surface area (Å²) in [6, 6.07) is 18.8. The third-order valence-electron chi connectivity index (χ3n) is 7.00. The van der Waals surface area contributed by atoms with Crippen LogP contribution in [-0.2, 0) is 6.54 Å². The third-order valence-corrected chi connectivity index (χ3v) is 7.37. The number of nitrogens with zero attached hydrogens (tertiary/aromatic N) is 2. The van der Waals surface area contributed by atoms with Gasteiger partial charge in [-0.25, -0.2) is 0 Å². The lowest BCUT2D eigenvalue weighted by Crippen LogP contribution is -2.29. The SMILES string of the molecule is Cc1cc(C)c(O)c(-c2n[nH]c3c2C(c2cccc(OCCC(C)C)c2)N(Cc2ccccc2Cl)C3=O)c1. The molecule has 5 rings (SSSR count). The van der Waals surface area contributed by atoms with Gasteiger partial charge in [0, 0.05) is 22.7 Å². The number of halogens is 1. The first kappa shape index (κ1) is 25.9. The summed E-state index contributed by atoms with van der Waals surface area (Å²) in [5, 5.41) is 19.1. The highest BCUT2D eigenvalue weighted by atomic mass is 35.5. The van der Waals surface area contributed by atoms with Crippen LogP contribution in [0.15, 0.2) is 60.7 Å². The summed E-state index contributed by atoms with van der Waals surface area (Å²) >= 11 is 6.51. The van der Waals surface area contributed by atoms with Crippen LogP contribution in [0.5, 0.6) is 11.5 Å². The minimum absolute atomic E-state index is 0.159. The Hall–Kier alpha value is -3.77. The summed E-state index contributed by atoms with van der Waals surface area (Å²) in [4.78, 5) is 15.6. The molecular formula is C31H32ClN3O3. The fourth-order valence-corrected chi connectivity index (χ4v) is 5.24. The summed E-state index contributed by atoms with van der Waals surface area (Å²) in [5.74, 6) is 1.28. The van der Waals surface area contributed by atoms with Gasteiger partial charge in [-0.2, -0.15) is 5.10 Å². The molecule has 4 aromatic rings. The second-order valence-electron chi connectivity index (χ2n) is 10.4. The van der Waals surface area contributed by atoms with E-state index < -0.39 is 6.04 Å². The number of aromatic hydroxyl groups is 1. The second-order valence-corrected chi connectivity index (χ2v) is 10.8. The molecule has 1 unspecified atom stereocenters. The van der Waals surface area contributed by atoms with Crippen molar-refractivity contribution < 1.29 is 14.6 Å². The van der Waals surface area contributed by atoms with E-state index in [4.69, 9.17) is 16.3 Å². The van der Waals surface area contributed by atoms with Crippen LogP contribution in [-0.4, -0.2) is 32.7 Å². The van der Waals surface area contributed by atoms with Gasteiger partial charge in [-0.15, -0.1) is 0 Å². The number of hydrogen-bond donors (Lipinski definition) is 2. The van der Waals surface area contributed by atoms with Gasteiger partial charge in [0.25, 0.3) is 5.91 Å². The number of hydrogen-bond acceptors (Lipinski definition) is 4. The summed E-state index contributed by atoms with van der Waals surface area (Å²) in [7, 11) is 0. The maximum atomic E-state index is 13.8. The predicted octanol–water partition coefficient (Wildman–Crippen LogP) is 7.22. The molecule has 0 saturated carbocycles. The Kier molecular flexibility index (Phi) is 7.17. The molecule has 2 heterocycles. The molecule has 0 radical (unpaired) electrons. The summed E-state index contributed by atoms with van der Waals surface area (Å²) < 4.78 is 6.06. The normalized spacial score (nSPS) is 14.8. The number of nitrogens with one attached hydrogen (secondary N) is 1. The van der Waals surface area contributed by atoms with E-state index >= 15 is 0 Å². The highest BCUT2D eigenvalue weighted by Crippen LogP contribution is 2.46. The van der Waals surface area contributed by atoms with Crippen LogP contribution in [0.25, 0.3) is 11.3 Å². The van der Waals surface area contributed by atoms with Gasteiger partial charge in [0.2, 0.25) is 0 Å². The van der Waals surface area contributed by atoms with Crippen molar-refractivity contribution in [3.8, 4) is 22.8 Å². The molecule has 196 valence electrons. The molecule has 1 atom stereocenters. The lowest BCUT2D eigenvalue weighted by atomic mass is 9.94. The van der Waals surface area contributed by atoms with Crippen molar-refractivity contribution in [2.24, 2.45) is 5.92 Å². The number of H-pyrrole nitrogens is 1. The molecule has 3 aromatic carbocycles. The number of fused-ring (bicyclic) bond motifs is 1. The van der Waals surface area contributed by atoms with Crippen molar-refractivity contribution in [3.05, 3.63) is 99.2 Å². The number of phenolic OH excluding ortho intramolecular Hbond substituents is 1. The molecule has 0 aliphatic carbocycles. The number of carbonyl (C=O) groups excluding carboxylic acids is 1. The van der Waals surface area contributed by atoms with Crippen molar-refractivity contribution in [2.75, 3.05) is 6.61 Å². The van der Waals surface area contributed by atoms with Crippen LogP contribution in [0.2, 0.25) is 5.02 Å². The number of amides is 1. The molecule has 2 N–H and O–H groups in total. The highest BCUT2D eigenvalue weighted by Gasteiger charge is 2.43. The van der Waals surface area contributed by atoms with E-state index in [1.807, 2.05) is 74.5 Å². The Balaban J connectivity index is 1.63.